The highest BCUT2D eigenvalue weighted by Gasteiger charge is 2.34. The van der Waals surface area contributed by atoms with Crippen LogP contribution in [0.5, 0.6) is 5.75 Å². The van der Waals surface area contributed by atoms with Crippen LogP contribution in [0, 0.1) is 13.8 Å². The Morgan fingerprint density at radius 3 is 1.57 bits per heavy atom. The van der Waals surface area contributed by atoms with Crippen LogP contribution in [0.25, 0.3) is 11.4 Å². The highest BCUT2D eigenvalue weighted by Crippen LogP contribution is 2.38. The van der Waals surface area contributed by atoms with Crippen molar-refractivity contribution in [1.29, 1.82) is 0 Å². The fourth-order valence-corrected chi connectivity index (χ4v) is 5.28. The van der Waals surface area contributed by atoms with Crippen LogP contribution in [-0.2, 0) is 14.1 Å². The summed E-state index contributed by atoms with van der Waals surface area (Å²) in [5.41, 5.74) is 3.59. The van der Waals surface area contributed by atoms with Crippen molar-refractivity contribution in [3.8, 4) is 17.1 Å². The molecule has 0 atom stereocenters. The third-order valence-corrected chi connectivity index (χ3v) is 7.41. The molecule has 0 unspecified atom stereocenters. The van der Waals surface area contributed by atoms with Crippen LogP contribution >= 0.6 is 11.6 Å². The molecule has 0 aliphatic rings. The van der Waals surface area contributed by atoms with Crippen LogP contribution in [0.1, 0.15) is 34.0 Å². The van der Waals surface area contributed by atoms with Crippen molar-refractivity contribution < 1.29 is 5.11 Å². The van der Waals surface area contributed by atoms with Gasteiger partial charge in [-0.3, -0.25) is 19.0 Å². The normalized spacial score (nSPS) is 11.4. The third kappa shape index (κ3) is 3.92. The van der Waals surface area contributed by atoms with E-state index < -0.39 is 5.92 Å². The Balaban J connectivity index is 1.88. The van der Waals surface area contributed by atoms with Crippen molar-refractivity contribution in [2.75, 3.05) is 0 Å². The van der Waals surface area contributed by atoms with Gasteiger partial charge in [-0.05, 0) is 61.9 Å². The van der Waals surface area contributed by atoms with E-state index in [9.17, 15) is 14.7 Å². The van der Waals surface area contributed by atoms with Crippen LogP contribution in [-0.4, -0.2) is 23.8 Å². The number of para-hydroxylation sites is 2. The number of hydrogen-bond acceptors (Lipinski definition) is 3. The Labute approximate surface area is 219 Å². The van der Waals surface area contributed by atoms with Gasteiger partial charge in [0.05, 0.1) is 28.4 Å². The lowest BCUT2D eigenvalue weighted by Crippen LogP contribution is -2.26. The van der Waals surface area contributed by atoms with E-state index in [1.54, 1.807) is 24.8 Å². The van der Waals surface area contributed by atoms with Crippen molar-refractivity contribution in [2.45, 2.75) is 19.8 Å². The topological polar surface area (TPSA) is 74.1 Å². The monoisotopic (exact) mass is 514 g/mol. The molecular weight excluding hydrogens is 488 g/mol. The molecule has 2 heterocycles. The van der Waals surface area contributed by atoms with Crippen LogP contribution in [0.15, 0.2) is 88.5 Å². The van der Waals surface area contributed by atoms with Crippen LogP contribution in [0.3, 0.4) is 0 Å². The molecule has 0 aliphatic heterocycles. The molecule has 0 fully saturated rings. The molecule has 8 heteroatoms. The van der Waals surface area contributed by atoms with Crippen molar-refractivity contribution in [3.05, 3.63) is 133 Å². The van der Waals surface area contributed by atoms with E-state index >= 15 is 0 Å². The van der Waals surface area contributed by atoms with Gasteiger partial charge in [-0.25, -0.2) is 9.36 Å². The summed E-state index contributed by atoms with van der Waals surface area (Å²) in [7, 11) is 3.63. The summed E-state index contributed by atoms with van der Waals surface area (Å²) in [5, 5.41) is 10.7. The number of rotatable bonds is 5. The molecule has 0 saturated heterocycles. The largest absolute Gasteiger partial charge is 0.508 e. The molecule has 2 aromatic heterocycles. The summed E-state index contributed by atoms with van der Waals surface area (Å²) in [6, 6.07) is 23.3. The van der Waals surface area contributed by atoms with Gasteiger partial charge in [0, 0.05) is 30.5 Å². The zero-order valence-electron chi connectivity index (χ0n) is 21.0. The first-order valence-corrected chi connectivity index (χ1v) is 12.3. The average molecular weight is 515 g/mol. The number of hydrogen-bond donors (Lipinski definition) is 1. The quantitative estimate of drug-likeness (QED) is 0.365. The average Bonchev–Trinajstić information content (AvgIpc) is 3.25. The summed E-state index contributed by atoms with van der Waals surface area (Å²) >= 11 is 6.68. The van der Waals surface area contributed by atoms with Crippen molar-refractivity contribution >= 4 is 11.6 Å². The number of benzene rings is 3. The van der Waals surface area contributed by atoms with E-state index in [0.717, 1.165) is 0 Å². The fourth-order valence-electron chi connectivity index (χ4n) is 5.05. The molecule has 0 radical (unpaired) electrons. The van der Waals surface area contributed by atoms with Gasteiger partial charge in [0.15, 0.2) is 0 Å². The molecule has 5 aromatic rings. The Bertz CT molecular complexity index is 1620. The Kier molecular flexibility index (Phi) is 6.17. The standard InChI is InChI=1S/C29H27ClN4O3/c1-18-25(28(36)33(31(18)3)20-11-7-5-8-12-20)27(23-17-22(35)15-16-24(23)30)26-19(2)32(4)34(29(26)37)21-13-9-6-10-14-21/h5-17,27,35H,1-4H3. The minimum Gasteiger partial charge on any atom is -0.508 e. The Morgan fingerprint density at radius 2 is 1.14 bits per heavy atom. The highest BCUT2D eigenvalue weighted by atomic mass is 35.5. The molecule has 0 spiro atoms. The predicted octanol–water partition coefficient (Wildman–Crippen LogP) is 4.82. The summed E-state index contributed by atoms with van der Waals surface area (Å²) < 4.78 is 6.74. The lowest BCUT2D eigenvalue weighted by atomic mass is 9.85. The molecule has 1 N–H and O–H groups in total. The number of phenols is 1. The van der Waals surface area contributed by atoms with Gasteiger partial charge >= 0.3 is 0 Å². The lowest BCUT2D eigenvalue weighted by Gasteiger charge is -2.18. The first kappa shape index (κ1) is 24.5. The van der Waals surface area contributed by atoms with Crippen molar-refractivity contribution in [3.63, 3.8) is 0 Å². The molecule has 0 aliphatic carbocycles. The summed E-state index contributed by atoms with van der Waals surface area (Å²) in [4.78, 5) is 28.2. The van der Waals surface area contributed by atoms with E-state index in [-0.39, 0.29) is 16.9 Å². The number of halogens is 1. The molecular formula is C29H27ClN4O3. The van der Waals surface area contributed by atoms with Gasteiger partial charge in [0.1, 0.15) is 5.75 Å². The predicted molar refractivity (Wildman–Crippen MR) is 146 cm³/mol. The second-order valence-electron chi connectivity index (χ2n) is 9.09. The van der Waals surface area contributed by atoms with E-state index in [0.29, 0.717) is 44.5 Å². The van der Waals surface area contributed by atoms with Gasteiger partial charge in [-0.15, -0.1) is 0 Å². The first-order chi connectivity index (χ1) is 17.7. The SMILES string of the molecule is Cc1c(C(c2cc(O)ccc2Cl)c2c(C)n(C)n(-c3ccccc3)c2=O)c(=O)n(-c2ccccc2)n1C. The molecule has 37 heavy (non-hydrogen) atoms. The molecule has 0 saturated carbocycles. The molecule has 3 aromatic carbocycles. The van der Waals surface area contributed by atoms with Crippen LogP contribution < -0.4 is 11.1 Å². The number of phenolic OH excluding ortho intramolecular Hbond substituents is 1. The zero-order valence-corrected chi connectivity index (χ0v) is 21.8. The lowest BCUT2D eigenvalue weighted by molar-refractivity contribution is 0.474. The Morgan fingerprint density at radius 1 is 0.703 bits per heavy atom. The summed E-state index contributed by atoms with van der Waals surface area (Å²) in [6.07, 6.45) is 0. The molecule has 7 nitrogen and oxygen atoms in total. The van der Waals surface area contributed by atoms with Gasteiger partial charge < -0.3 is 5.11 Å². The van der Waals surface area contributed by atoms with Crippen molar-refractivity contribution in [1.82, 2.24) is 18.7 Å². The number of nitrogens with zero attached hydrogens (tertiary/aromatic N) is 4. The second-order valence-corrected chi connectivity index (χ2v) is 9.50. The minimum absolute atomic E-state index is 0.00154. The molecule has 0 bridgehead atoms. The highest BCUT2D eigenvalue weighted by molar-refractivity contribution is 6.31. The van der Waals surface area contributed by atoms with Crippen LogP contribution in [0.4, 0.5) is 0 Å². The third-order valence-electron chi connectivity index (χ3n) is 7.07. The minimum atomic E-state index is -0.813. The van der Waals surface area contributed by atoms with E-state index in [4.69, 9.17) is 11.6 Å². The first-order valence-electron chi connectivity index (χ1n) is 11.9. The van der Waals surface area contributed by atoms with Gasteiger partial charge in [0.25, 0.3) is 11.1 Å². The second kappa shape index (κ2) is 9.33. The molecule has 188 valence electrons. The fraction of sp³-hybridized carbons (Fsp3) is 0.172. The number of aromatic nitrogens is 4. The van der Waals surface area contributed by atoms with Gasteiger partial charge in [0.2, 0.25) is 0 Å². The van der Waals surface area contributed by atoms with Gasteiger partial charge in [-0.2, -0.15) is 0 Å². The Hall–Kier alpha value is -4.23. The van der Waals surface area contributed by atoms with E-state index in [1.807, 2.05) is 88.6 Å². The van der Waals surface area contributed by atoms with Crippen LogP contribution in [0.2, 0.25) is 5.02 Å². The smallest absolute Gasteiger partial charge is 0.275 e. The molecule has 5 rings (SSSR count). The maximum atomic E-state index is 14.1. The summed E-state index contributed by atoms with van der Waals surface area (Å²) in [5.74, 6) is -0.815. The number of aromatic hydroxyl groups is 1. The van der Waals surface area contributed by atoms with Crippen molar-refractivity contribution in [2.24, 2.45) is 14.1 Å². The summed E-state index contributed by atoms with van der Waals surface area (Å²) in [6.45, 7) is 3.71. The zero-order chi connectivity index (χ0) is 26.4. The van der Waals surface area contributed by atoms with E-state index in [2.05, 4.69) is 0 Å². The maximum Gasteiger partial charge on any atom is 0.275 e. The maximum absolute atomic E-state index is 14.1. The molecule has 0 amide bonds. The van der Waals surface area contributed by atoms with E-state index in [1.165, 1.54) is 12.1 Å². The van der Waals surface area contributed by atoms with Gasteiger partial charge in [-0.1, -0.05) is 48.0 Å².